The van der Waals surface area contributed by atoms with Gasteiger partial charge in [0.05, 0.1) is 6.04 Å². The number of benzene rings is 1. The quantitative estimate of drug-likeness (QED) is 0.774. The average molecular weight is 259 g/mol. The monoisotopic (exact) mass is 259 g/mol. The number of amides is 1. The molecule has 1 amide bonds. The van der Waals surface area contributed by atoms with Crippen molar-refractivity contribution in [1.82, 2.24) is 15.2 Å². The Labute approximate surface area is 111 Å². The largest absolute Gasteiger partial charge is 0.325 e. The Kier molecular flexibility index (Phi) is 3.91. The van der Waals surface area contributed by atoms with Crippen molar-refractivity contribution in [2.45, 2.75) is 26.3 Å². The van der Waals surface area contributed by atoms with E-state index < -0.39 is 6.04 Å². The van der Waals surface area contributed by atoms with Gasteiger partial charge in [0.2, 0.25) is 5.91 Å². The van der Waals surface area contributed by atoms with Crippen LogP contribution >= 0.6 is 0 Å². The zero-order valence-electron chi connectivity index (χ0n) is 11.0. The van der Waals surface area contributed by atoms with Gasteiger partial charge >= 0.3 is 0 Å². The number of aromatic amines is 1. The van der Waals surface area contributed by atoms with Crippen molar-refractivity contribution in [2.24, 2.45) is 5.73 Å². The molecule has 1 heterocycles. The van der Waals surface area contributed by atoms with Crippen LogP contribution < -0.4 is 11.1 Å². The third kappa shape index (κ3) is 3.17. The number of rotatable bonds is 4. The standard InChI is InChI=1S/C13H17N5O/c1-3-11(14)13(19)16-10-6-4-5-9(7-10)12-15-8(2)17-18-12/h4-7,11H,3,14H2,1-2H3,(H,16,19)(H,15,17,18)/t11-/m0/s1. The first-order valence-electron chi connectivity index (χ1n) is 6.16. The second-order valence-electron chi connectivity index (χ2n) is 4.33. The first kappa shape index (κ1) is 13.2. The van der Waals surface area contributed by atoms with Gasteiger partial charge < -0.3 is 11.1 Å². The second kappa shape index (κ2) is 5.62. The van der Waals surface area contributed by atoms with Crippen molar-refractivity contribution in [1.29, 1.82) is 0 Å². The van der Waals surface area contributed by atoms with Crippen LogP contribution in [0.1, 0.15) is 19.2 Å². The summed E-state index contributed by atoms with van der Waals surface area (Å²) >= 11 is 0. The molecule has 0 aliphatic carbocycles. The highest BCUT2D eigenvalue weighted by molar-refractivity contribution is 5.95. The molecule has 0 saturated heterocycles. The number of aryl methyl sites for hydroxylation is 1. The van der Waals surface area contributed by atoms with Crippen LogP contribution in [0.5, 0.6) is 0 Å². The van der Waals surface area contributed by atoms with E-state index in [1.807, 2.05) is 38.1 Å². The van der Waals surface area contributed by atoms with Crippen LogP contribution in [0.4, 0.5) is 5.69 Å². The van der Waals surface area contributed by atoms with Gasteiger partial charge in [0.15, 0.2) is 5.82 Å². The second-order valence-corrected chi connectivity index (χ2v) is 4.33. The molecule has 6 nitrogen and oxygen atoms in total. The van der Waals surface area contributed by atoms with E-state index in [-0.39, 0.29) is 5.91 Å². The summed E-state index contributed by atoms with van der Waals surface area (Å²) in [6.45, 7) is 3.71. The van der Waals surface area contributed by atoms with Crippen molar-refractivity contribution < 1.29 is 4.79 Å². The number of hydrogen-bond acceptors (Lipinski definition) is 4. The fourth-order valence-electron chi connectivity index (χ4n) is 1.63. The molecule has 0 fully saturated rings. The van der Waals surface area contributed by atoms with E-state index >= 15 is 0 Å². The molecule has 0 aliphatic rings. The average Bonchev–Trinajstić information content (AvgIpc) is 2.84. The van der Waals surface area contributed by atoms with Crippen LogP contribution in [0.25, 0.3) is 11.4 Å². The molecule has 0 saturated carbocycles. The molecule has 0 bridgehead atoms. The van der Waals surface area contributed by atoms with E-state index in [9.17, 15) is 4.79 Å². The predicted molar refractivity (Wildman–Crippen MR) is 73.5 cm³/mol. The first-order valence-corrected chi connectivity index (χ1v) is 6.16. The van der Waals surface area contributed by atoms with Gasteiger partial charge in [-0.2, -0.15) is 5.10 Å². The van der Waals surface area contributed by atoms with Crippen LogP contribution in [0.15, 0.2) is 24.3 Å². The minimum atomic E-state index is -0.491. The van der Waals surface area contributed by atoms with Gasteiger partial charge in [-0.25, -0.2) is 4.98 Å². The topological polar surface area (TPSA) is 96.7 Å². The summed E-state index contributed by atoms with van der Waals surface area (Å²) in [5.74, 6) is 1.16. The SMILES string of the molecule is CC[C@H](N)C(=O)Nc1cccc(-c2n[nH]c(C)n2)c1. The van der Waals surface area contributed by atoms with E-state index in [1.165, 1.54) is 0 Å². The fraction of sp³-hybridized carbons (Fsp3) is 0.308. The summed E-state index contributed by atoms with van der Waals surface area (Å²) in [6.07, 6.45) is 0.603. The molecule has 6 heteroatoms. The van der Waals surface area contributed by atoms with Crippen molar-refractivity contribution in [3.05, 3.63) is 30.1 Å². The van der Waals surface area contributed by atoms with Crippen LogP contribution in [0, 0.1) is 6.92 Å². The van der Waals surface area contributed by atoms with Crippen LogP contribution in [-0.2, 0) is 4.79 Å². The highest BCUT2D eigenvalue weighted by Gasteiger charge is 2.11. The molecular formula is C13H17N5O. The molecule has 0 unspecified atom stereocenters. The van der Waals surface area contributed by atoms with E-state index in [2.05, 4.69) is 20.5 Å². The Morgan fingerprint density at radius 1 is 1.53 bits per heavy atom. The van der Waals surface area contributed by atoms with E-state index in [1.54, 1.807) is 0 Å². The number of aromatic nitrogens is 3. The zero-order chi connectivity index (χ0) is 13.8. The number of carbonyl (C=O) groups is 1. The summed E-state index contributed by atoms with van der Waals surface area (Å²) in [5, 5.41) is 9.65. The predicted octanol–water partition coefficient (Wildman–Crippen LogP) is 1.46. The van der Waals surface area contributed by atoms with Crippen molar-refractivity contribution in [2.75, 3.05) is 5.32 Å². The van der Waals surface area contributed by atoms with E-state index in [0.717, 1.165) is 11.4 Å². The van der Waals surface area contributed by atoms with Crippen LogP contribution in [0.3, 0.4) is 0 Å². The third-order valence-electron chi connectivity index (χ3n) is 2.76. The Bertz CT molecular complexity index is 578. The molecule has 2 aromatic rings. The number of nitrogens with one attached hydrogen (secondary N) is 2. The first-order chi connectivity index (χ1) is 9.10. The summed E-state index contributed by atoms with van der Waals surface area (Å²) in [6, 6.07) is 6.87. The molecule has 0 aliphatic heterocycles. The Hall–Kier alpha value is -2.21. The van der Waals surface area contributed by atoms with Crippen LogP contribution in [-0.4, -0.2) is 27.1 Å². The van der Waals surface area contributed by atoms with E-state index in [4.69, 9.17) is 5.73 Å². The van der Waals surface area contributed by atoms with Gasteiger partial charge in [-0.3, -0.25) is 9.89 Å². The number of carbonyl (C=O) groups excluding carboxylic acids is 1. The summed E-state index contributed by atoms with van der Waals surface area (Å²) in [4.78, 5) is 16.0. The Balaban J connectivity index is 2.18. The minimum absolute atomic E-state index is 0.189. The highest BCUT2D eigenvalue weighted by atomic mass is 16.2. The molecule has 2 rings (SSSR count). The third-order valence-corrected chi connectivity index (χ3v) is 2.76. The number of anilines is 1. The van der Waals surface area contributed by atoms with Crippen molar-refractivity contribution >= 4 is 11.6 Å². The molecule has 1 aromatic carbocycles. The van der Waals surface area contributed by atoms with Gasteiger partial charge in [-0.05, 0) is 25.5 Å². The van der Waals surface area contributed by atoms with Gasteiger partial charge in [-0.15, -0.1) is 0 Å². The van der Waals surface area contributed by atoms with Crippen LogP contribution in [0.2, 0.25) is 0 Å². The maximum atomic E-state index is 11.7. The summed E-state index contributed by atoms with van der Waals surface area (Å²) < 4.78 is 0. The molecule has 4 N–H and O–H groups in total. The number of H-pyrrole nitrogens is 1. The lowest BCUT2D eigenvalue weighted by atomic mass is 10.1. The normalized spacial score (nSPS) is 12.2. The lowest BCUT2D eigenvalue weighted by Crippen LogP contribution is -2.34. The van der Waals surface area contributed by atoms with Gasteiger partial charge in [0.25, 0.3) is 0 Å². The summed E-state index contributed by atoms with van der Waals surface area (Å²) in [7, 11) is 0. The molecule has 100 valence electrons. The molecule has 0 spiro atoms. The Morgan fingerprint density at radius 2 is 2.32 bits per heavy atom. The molecule has 19 heavy (non-hydrogen) atoms. The highest BCUT2D eigenvalue weighted by Crippen LogP contribution is 2.19. The molecular weight excluding hydrogens is 242 g/mol. The molecule has 1 aromatic heterocycles. The summed E-state index contributed by atoms with van der Waals surface area (Å²) in [5.41, 5.74) is 7.20. The molecule has 1 atom stereocenters. The maximum absolute atomic E-state index is 11.7. The number of hydrogen-bond donors (Lipinski definition) is 3. The zero-order valence-corrected chi connectivity index (χ0v) is 11.0. The smallest absolute Gasteiger partial charge is 0.241 e. The van der Waals surface area contributed by atoms with Crippen molar-refractivity contribution in [3.63, 3.8) is 0 Å². The van der Waals surface area contributed by atoms with Crippen molar-refractivity contribution in [3.8, 4) is 11.4 Å². The van der Waals surface area contributed by atoms with E-state index in [0.29, 0.717) is 17.9 Å². The lowest BCUT2D eigenvalue weighted by molar-refractivity contribution is -0.117. The minimum Gasteiger partial charge on any atom is -0.325 e. The molecule has 0 radical (unpaired) electrons. The fourth-order valence-corrected chi connectivity index (χ4v) is 1.63. The lowest BCUT2D eigenvalue weighted by Gasteiger charge is -2.10. The maximum Gasteiger partial charge on any atom is 0.241 e. The van der Waals surface area contributed by atoms with Gasteiger partial charge in [-0.1, -0.05) is 19.1 Å². The number of nitrogens with zero attached hydrogens (tertiary/aromatic N) is 2. The van der Waals surface area contributed by atoms with Gasteiger partial charge in [0, 0.05) is 11.3 Å². The van der Waals surface area contributed by atoms with Gasteiger partial charge in [0.1, 0.15) is 5.82 Å². The Morgan fingerprint density at radius 3 is 2.95 bits per heavy atom. The number of nitrogens with two attached hydrogens (primary N) is 1.